The zero-order valence-electron chi connectivity index (χ0n) is 8.73. The van der Waals surface area contributed by atoms with Crippen molar-refractivity contribution >= 4 is 28.1 Å². The number of nitrogens with one attached hydrogen (secondary N) is 1. The summed E-state index contributed by atoms with van der Waals surface area (Å²) in [5, 5.41) is 14.7. The van der Waals surface area contributed by atoms with Crippen LogP contribution in [0.2, 0.25) is 0 Å². The number of hydrogen-bond donors (Lipinski definition) is 2. The molecule has 0 saturated carbocycles. The quantitative estimate of drug-likeness (QED) is 0.801. The molecule has 1 unspecified atom stereocenters. The fourth-order valence-corrected chi connectivity index (χ4v) is 1.67. The molecule has 0 aliphatic carbocycles. The standard InChI is InChI=1S/C12H13ClN2O/c13-6-10(16)8-15-12-3-1-2-9-7-14-5-4-11(9)12/h1-5,7,10,15-16H,6,8H2. The highest BCUT2D eigenvalue weighted by Gasteiger charge is 2.03. The van der Waals surface area contributed by atoms with Gasteiger partial charge in [-0.2, -0.15) is 0 Å². The first kappa shape index (κ1) is 11.2. The maximum absolute atomic E-state index is 9.38. The summed E-state index contributed by atoms with van der Waals surface area (Å²) in [6.07, 6.45) is 3.04. The van der Waals surface area contributed by atoms with Crippen molar-refractivity contribution in [1.29, 1.82) is 0 Å². The van der Waals surface area contributed by atoms with E-state index >= 15 is 0 Å². The first-order valence-electron chi connectivity index (χ1n) is 5.12. The maximum Gasteiger partial charge on any atom is 0.0847 e. The van der Waals surface area contributed by atoms with Crippen molar-refractivity contribution in [3.05, 3.63) is 36.7 Å². The summed E-state index contributed by atoms with van der Waals surface area (Å²) in [5.74, 6) is 0.235. The molecule has 0 aliphatic heterocycles. The second-order valence-corrected chi connectivity index (χ2v) is 3.90. The van der Waals surface area contributed by atoms with E-state index in [0.717, 1.165) is 16.5 Å². The van der Waals surface area contributed by atoms with Crippen LogP contribution in [-0.2, 0) is 0 Å². The molecule has 2 N–H and O–H groups in total. The third-order valence-corrected chi connectivity index (χ3v) is 2.74. The van der Waals surface area contributed by atoms with Gasteiger partial charge in [-0.1, -0.05) is 12.1 Å². The van der Waals surface area contributed by atoms with Gasteiger partial charge in [0.2, 0.25) is 0 Å². The molecule has 2 rings (SSSR count). The van der Waals surface area contributed by atoms with Crippen LogP contribution in [0.5, 0.6) is 0 Å². The minimum absolute atomic E-state index is 0.235. The van der Waals surface area contributed by atoms with Gasteiger partial charge >= 0.3 is 0 Å². The summed E-state index contributed by atoms with van der Waals surface area (Å²) in [6, 6.07) is 7.89. The Morgan fingerprint density at radius 2 is 2.25 bits per heavy atom. The van der Waals surface area contributed by atoms with Crippen LogP contribution in [0.1, 0.15) is 0 Å². The summed E-state index contributed by atoms with van der Waals surface area (Å²) in [5.41, 5.74) is 0.990. The van der Waals surface area contributed by atoms with Crippen molar-refractivity contribution in [3.63, 3.8) is 0 Å². The lowest BCUT2D eigenvalue weighted by Crippen LogP contribution is -2.20. The van der Waals surface area contributed by atoms with Crippen molar-refractivity contribution < 1.29 is 5.11 Å². The second kappa shape index (κ2) is 5.14. The molecule has 1 aromatic heterocycles. The maximum atomic E-state index is 9.38. The molecular formula is C12H13ClN2O. The number of aliphatic hydroxyl groups excluding tert-OH is 1. The highest BCUT2D eigenvalue weighted by Crippen LogP contribution is 2.21. The number of pyridine rings is 1. The van der Waals surface area contributed by atoms with E-state index in [9.17, 15) is 5.11 Å². The van der Waals surface area contributed by atoms with Gasteiger partial charge < -0.3 is 10.4 Å². The van der Waals surface area contributed by atoms with E-state index in [1.54, 1.807) is 6.20 Å². The highest BCUT2D eigenvalue weighted by atomic mass is 35.5. The Bertz CT molecular complexity index is 470. The van der Waals surface area contributed by atoms with Crippen LogP contribution in [0.4, 0.5) is 5.69 Å². The van der Waals surface area contributed by atoms with Crippen molar-refractivity contribution in [1.82, 2.24) is 4.98 Å². The minimum atomic E-state index is -0.529. The molecule has 0 spiro atoms. The molecule has 3 nitrogen and oxygen atoms in total. The summed E-state index contributed by atoms with van der Waals surface area (Å²) < 4.78 is 0. The van der Waals surface area contributed by atoms with Crippen LogP contribution >= 0.6 is 11.6 Å². The van der Waals surface area contributed by atoms with Gasteiger partial charge in [0, 0.05) is 35.4 Å². The molecule has 4 heteroatoms. The molecule has 84 valence electrons. The molecular weight excluding hydrogens is 224 g/mol. The van der Waals surface area contributed by atoms with Crippen LogP contribution in [0.3, 0.4) is 0 Å². The van der Waals surface area contributed by atoms with Crippen LogP contribution in [0.15, 0.2) is 36.7 Å². The van der Waals surface area contributed by atoms with E-state index < -0.39 is 6.10 Å². The first-order valence-corrected chi connectivity index (χ1v) is 5.65. The monoisotopic (exact) mass is 236 g/mol. The first-order chi connectivity index (χ1) is 7.81. The number of halogens is 1. The van der Waals surface area contributed by atoms with Gasteiger partial charge in [-0.05, 0) is 12.1 Å². The number of aromatic nitrogens is 1. The van der Waals surface area contributed by atoms with Crippen molar-refractivity contribution in [2.24, 2.45) is 0 Å². The summed E-state index contributed by atoms with van der Waals surface area (Å²) in [6.45, 7) is 0.449. The number of fused-ring (bicyclic) bond motifs is 1. The fraction of sp³-hybridized carbons (Fsp3) is 0.250. The number of rotatable bonds is 4. The third kappa shape index (κ3) is 2.43. The number of nitrogens with zero attached hydrogens (tertiary/aromatic N) is 1. The summed E-state index contributed by atoms with van der Waals surface area (Å²) >= 11 is 5.54. The molecule has 0 amide bonds. The van der Waals surface area contributed by atoms with Crippen molar-refractivity contribution in [2.45, 2.75) is 6.10 Å². The molecule has 1 atom stereocenters. The van der Waals surface area contributed by atoms with Crippen LogP contribution < -0.4 is 5.32 Å². The smallest absolute Gasteiger partial charge is 0.0847 e. The zero-order valence-corrected chi connectivity index (χ0v) is 9.48. The molecule has 1 heterocycles. The molecule has 0 bridgehead atoms. The van der Waals surface area contributed by atoms with E-state index in [4.69, 9.17) is 11.6 Å². The van der Waals surface area contributed by atoms with Gasteiger partial charge in [0.25, 0.3) is 0 Å². The number of alkyl halides is 1. The minimum Gasteiger partial charge on any atom is -0.390 e. The van der Waals surface area contributed by atoms with Gasteiger partial charge in [-0.3, -0.25) is 4.98 Å². The largest absolute Gasteiger partial charge is 0.390 e. The van der Waals surface area contributed by atoms with Crippen LogP contribution in [-0.4, -0.2) is 28.6 Å². The Morgan fingerprint density at radius 3 is 3.06 bits per heavy atom. The predicted octanol–water partition coefficient (Wildman–Crippen LogP) is 2.25. The lowest BCUT2D eigenvalue weighted by atomic mass is 10.1. The van der Waals surface area contributed by atoms with Crippen LogP contribution in [0.25, 0.3) is 10.8 Å². The van der Waals surface area contributed by atoms with Crippen LogP contribution in [0, 0.1) is 0 Å². The molecule has 0 aliphatic rings. The topological polar surface area (TPSA) is 45.1 Å². The Hall–Kier alpha value is -1.32. The molecule has 0 fully saturated rings. The van der Waals surface area contributed by atoms with Gasteiger partial charge in [0.1, 0.15) is 0 Å². The number of aliphatic hydroxyl groups is 1. The van der Waals surface area contributed by atoms with Gasteiger partial charge in [0.15, 0.2) is 0 Å². The average Bonchev–Trinajstić information content (AvgIpc) is 2.35. The van der Waals surface area contributed by atoms with E-state index in [-0.39, 0.29) is 5.88 Å². The van der Waals surface area contributed by atoms with E-state index in [1.165, 1.54) is 0 Å². The van der Waals surface area contributed by atoms with Crippen molar-refractivity contribution in [2.75, 3.05) is 17.7 Å². The lowest BCUT2D eigenvalue weighted by molar-refractivity contribution is 0.211. The SMILES string of the molecule is OC(CCl)CNc1cccc2cnccc12. The van der Waals surface area contributed by atoms with Gasteiger partial charge in [0.05, 0.1) is 12.0 Å². The van der Waals surface area contributed by atoms with Gasteiger partial charge in [-0.25, -0.2) is 0 Å². The number of anilines is 1. The Balaban J connectivity index is 2.23. The molecule has 2 aromatic rings. The fourth-order valence-electron chi connectivity index (χ4n) is 1.56. The summed E-state index contributed by atoms with van der Waals surface area (Å²) in [7, 11) is 0. The van der Waals surface area contributed by atoms with E-state index in [2.05, 4.69) is 10.3 Å². The molecule has 0 saturated heterocycles. The highest BCUT2D eigenvalue weighted by molar-refractivity contribution is 6.18. The summed E-state index contributed by atoms with van der Waals surface area (Å²) in [4.78, 5) is 4.07. The Morgan fingerprint density at radius 1 is 1.38 bits per heavy atom. The van der Waals surface area contributed by atoms with E-state index in [1.807, 2.05) is 30.5 Å². The Kier molecular flexibility index (Phi) is 3.59. The van der Waals surface area contributed by atoms with Gasteiger partial charge in [-0.15, -0.1) is 11.6 Å². The van der Waals surface area contributed by atoms with E-state index in [0.29, 0.717) is 6.54 Å². The van der Waals surface area contributed by atoms with Crippen molar-refractivity contribution in [3.8, 4) is 0 Å². The number of hydrogen-bond acceptors (Lipinski definition) is 3. The lowest BCUT2D eigenvalue weighted by Gasteiger charge is -2.11. The normalized spacial score (nSPS) is 12.6. The number of benzene rings is 1. The zero-order chi connectivity index (χ0) is 11.4. The average molecular weight is 237 g/mol. The predicted molar refractivity (Wildman–Crippen MR) is 67.0 cm³/mol. The second-order valence-electron chi connectivity index (χ2n) is 3.59. The molecule has 0 radical (unpaired) electrons. The Labute approximate surface area is 99.1 Å². The molecule has 16 heavy (non-hydrogen) atoms. The third-order valence-electron chi connectivity index (χ3n) is 2.39. The molecule has 1 aromatic carbocycles.